The third-order valence-corrected chi connectivity index (χ3v) is 3.58. The molecule has 0 saturated carbocycles. The first kappa shape index (κ1) is 13.6. The van der Waals surface area contributed by atoms with Crippen molar-refractivity contribution in [1.29, 1.82) is 0 Å². The first-order valence-corrected chi connectivity index (χ1v) is 6.56. The zero-order valence-electron chi connectivity index (χ0n) is 10.9. The van der Waals surface area contributed by atoms with Crippen molar-refractivity contribution in [2.75, 3.05) is 45.2 Å². The van der Waals surface area contributed by atoms with Crippen molar-refractivity contribution in [2.45, 2.75) is 6.54 Å². The molecule has 1 fully saturated rings. The van der Waals surface area contributed by atoms with E-state index in [1.807, 2.05) is 6.07 Å². The lowest BCUT2D eigenvalue weighted by Crippen LogP contribution is -2.44. The number of nitrogens with one attached hydrogen (secondary N) is 1. The molecule has 0 bridgehead atoms. The lowest BCUT2D eigenvalue weighted by molar-refractivity contribution is 0.0867. The fourth-order valence-electron chi connectivity index (χ4n) is 2.12. The third kappa shape index (κ3) is 3.36. The molecule has 1 saturated heterocycles. The van der Waals surface area contributed by atoms with E-state index in [0.29, 0.717) is 6.54 Å². The molecule has 0 spiro atoms. The van der Waals surface area contributed by atoms with Crippen molar-refractivity contribution in [3.05, 3.63) is 28.8 Å². The summed E-state index contributed by atoms with van der Waals surface area (Å²) in [5.41, 5.74) is 5.07. The Kier molecular flexibility index (Phi) is 4.83. The van der Waals surface area contributed by atoms with E-state index in [2.05, 4.69) is 34.5 Å². The molecule has 4 nitrogen and oxygen atoms in total. The van der Waals surface area contributed by atoms with Crippen molar-refractivity contribution in [3.63, 3.8) is 0 Å². The molecule has 18 heavy (non-hydrogen) atoms. The topological polar surface area (TPSA) is 27.7 Å². The van der Waals surface area contributed by atoms with Gasteiger partial charge in [-0.1, -0.05) is 17.7 Å². The molecule has 100 valence electrons. The standard InChI is InChI=1S/C13H20ClN3O/c1-16-5-7-17(8-6-16)13-4-3-11(9-12(13)14)10-15-18-2/h3-4,9,15H,5-8,10H2,1-2H3. The number of hydrogen-bond donors (Lipinski definition) is 1. The Morgan fingerprint density at radius 1 is 1.28 bits per heavy atom. The highest BCUT2D eigenvalue weighted by molar-refractivity contribution is 6.33. The first-order valence-electron chi connectivity index (χ1n) is 6.18. The van der Waals surface area contributed by atoms with Crippen molar-refractivity contribution in [2.24, 2.45) is 0 Å². The van der Waals surface area contributed by atoms with Crippen LogP contribution < -0.4 is 10.4 Å². The molecule has 1 aromatic rings. The van der Waals surface area contributed by atoms with Crippen molar-refractivity contribution < 1.29 is 4.84 Å². The van der Waals surface area contributed by atoms with Crippen LogP contribution in [-0.4, -0.2) is 45.2 Å². The summed E-state index contributed by atoms with van der Waals surface area (Å²) in [6.07, 6.45) is 0. The Bertz CT molecular complexity index is 392. The smallest absolute Gasteiger partial charge is 0.0642 e. The number of anilines is 1. The second kappa shape index (κ2) is 6.38. The molecule has 1 heterocycles. The van der Waals surface area contributed by atoms with Gasteiger partial charge in [-0.15, -0.1) is 0 Å². The maximum atomic E-state index is 6.35. The number of likely N-dealkylation sites (N-methyl/N-ethyl adjacent to an activating group) is 1. The molecular formula is C13H20ClN3O. The average Bonchev–Trinajstić information content (AvgIpc) is 2.38. The van der Waals surface area contributed by atoms with Gasteiger partial charge in [0.15, 0.2) is 0 Å². The molecule has 0 unspecified atom stereocenters. The number of hydrogen-bond acceptors (Lipinski definition) is 4. The maximum Gasteiger partial charge on any atom is 0.0642 e. The molecule has 0 amide bonds. The van der Waals surface area contributed by atoms with Gasteiger partial charge in [-0.05, 0) is 24.7 Å². The van der Waals surface area contributed by atoms with Gasteiger partial charge in [0.1, 0.15) is 0 Å². The average molecular weight is 270 g/mol. The van der Waals surface area contributed by atoms with E-state index in [1.54, 1.807) is 7.11 Å². The van der Waals surface area contributed by atoms with Crippen LogP contribution in [0.2, 0.25) is 5.02 Å². The molecule has 0 atom stereocenters. The predicted molar refractivity (Wildman–Crippen MR) is 75.0 cm³/mol. The summed E-state index contributed by atoms with van der Waals surface area (Å²) in [7, 11) is 3.76. The van der Waals surface area contributed by atoms with Gasteiger partial charge in [0, 0.05) is 32.7 Å². The summed E-state index contributed by atoms with van der Waals surface area (Å²) >= 11 is 6.35. The monoisotopic (exact) mass is 269 g/mol. The minimum atomic E-state index is 0.666. The normalized spacial score (nSPS) is 17.2. The number of nitrogens with zero attached hydrogens (tertiary/aromatic N) is 2. The number of benzene rings is 1. The number of halogens is 1. The number of piperazine rings is 1. The van der Waals surface area contributed by atoms with Gasteiger partial charge in [-0.25, -0.2) is 0 Å². The fraction of sp³-hybridized carbons (Fsp3) is 0.538. The molecule has 1 aromatic carbocycles. The van der Waals surface area contributed by atoms with Crippen LogP contribution in [0.25, 0.3) is 0 Å². The minimum absolute atomic E-state index is 0.666. The lowest BCUT2D eigenvalue weighted by atomic mass is 10.2. The molecule has 0 radical (unpaired) electrons. The highest BCUT2D eigenvalue weighted by atomic mass is 35.5. The lowest BCUT2D eigenvalue weighted by Gasteiger charge is -2.34. The van der Waals surface area contributed by atoms with Gasteiger partial charge in [-0.3, -0.25) is 0 Å². The Balaban J connectivity index is 2.05. The van der Waals surface area contributed by atoms with E-state index in [9.17, 15) is 0 Å². The molecule has 1 aliphatic rings. The van der Waals surface area contributed by atoms with Gasteiger partial charge < -0.3 is 14.6 Å². The molecule has 0 aliphatic carbocycles. The van der Waals surface area contributed by atoms with Crippen LogP contribution in [-0.2, 0) is 11.4 Å². The van der Waals surface area contributed by atoms with Gasteiger partial charge in [-0.2, -0.15) is 5.48 Å². The van der Waals surface area contributed by atoms with Crippen molar-refractivity contribution in [3.8, 4) is 0 Å². The number of hydroxylamine groups is 1. The van der Waals surface area contributed by atoms with Gasteiger partial charge >= 0.3 is 0 Å². The van der Waals surface area contributed by atoms with Gasteiger partial charge in [0.2, 0.25) is 0 Å². The molecular weight excluding hydrogens is 250 g/mol. The first-order chi connectivity index (χ1) is 8.70. The minimum Gasteiger partial charge on any atom is -0.368 e. The van der Waals surface area contributed by atoms with Crippen LogP contribution in [0.5, 0.6) is 0 Å². The summed E-state index contributed by atoms with van der Waals surface area (Å²) in [4.78, 5) is 9.51. The van der Waals surface area contributed by atoms with Crippen LogP contribution in [0.4, 0.5) is 5.69 Å². The summed E-state index contributed by atoms with van der Waals surface area (Å²) in [6.45, 7) is 4.91. The molecule has 2 rings (SSSR count). The summed E-state index contributed by atoms with van der Waals surface area (Å²) in [6, 6.07) is 6.19. The Morgan fingerprint density at radius 3 is 2.61 bits per heavy atom. The van der Waals surface area contributed by atoms with E-state index >= 15 is 0 Å². The van der Waals surface area contributed by atoms with Gasteiger partial charge in [0.05, 0.1) is 17.8 Å². The van der Waals surface area contributed by atoms with Gasteiger partial charge in [0.25, 0.3) is 0 Å². The van der Waals surface area contributed by atoms with Crippen molar-refractivity contribution in [1.82, 2.24) is 10.4 Å². The van der Waals surface area contributed by atoms with Crippen molar-refractivity contribution >= 4 is 17.3 Å². The van der Waals surface area contributed by atoms with E-state index in [-0.39, 0.29) is 0 Å². The highest BCUT2D eigenvalue weighted by Crippen LogP contribution is 2.27. The van der Waals surface area contributed by atoms with E-state index in [1.165, 1.54) is 0 Å². The van der Waals surface area contributed by atoms with E-state index in [4.69, 9.17) is 16.4 Å². The Labute approximate surface area is 113 Å². The second-order valence-corrected chi connectivity index (χ2v) is 5.01. The largest absolute Gasteiger partial charge is 0.368 e. The fourth-order valence-corrected chi connectivity index (χ4v) is 2.44. The molecule has 0 aromatic heterocycles. The summed E-state index contributed by atoms with van der Waals surface area (Å²) in [5, 5.41) is 0.815. The Morgan fingerprint density at radius 2 is 2.00 bits per heavy atom. The quantitative estimate of drug-likeness (QED) is 0.843. The zero-order valence-corrected chi connectivity index (χ0v) is 11.7. The number of rotatable bonds is 4. The maximum absolute atomic E-state index is 6.35. The highest BCUT2D eigenvalue weighted by Gasteiger charge is 2.16. The second-order valence-electron chi connectivity index (χ2n) is 4.60. The van der Waals surface area contributed by atoms with Crippen LogP contribution in [0.1, 0.15) is 5.56 Å². The summed E-state index contributed by atoms with van der Waals surface area (Å²) < 4.78 is 0. The predicted octanol–water partition coefficient (Wildman–Crippen LogP) is 1.74. The third-order valence-electron chi connectivity index (χ3n) is 3.28. The molecule has 5 heteroatoms. The summed E-state index contributed by atoms with van der Waals surface area (Å²) in [5.74, 6) is 0. The van der Waals surface area contributed by atoms with Crippen LogP contribution in [0.3, 0.4) is 0 Å². The van der Waals surface area contributed by atoms with E-state index < -0.39 is 0 Å². The van der Waals surface area contributed by atoms with Crippen LogP contribution in [0, 0.1) is 0 Å². The Hall–Kier alpha value is -0.810. The molecule has 1 N–H and O–H groups in total. The van der Waals surface area contributed by atoms with Crippen LogP contribution >= 0.6 is 11.6 Å². The van der Waals surface area contributed by atoms with Crippen LogP contribution in [0.15, 0.2) is 18.2 Å². The SMILES string of the molecule is CONCc1ccc(N2CCN(C)CC2)c(Cl)c1. The molecule has 1 aliphatic heterocycles. The zero-order chi connectivity index (χ0) is 13.0. The van der Waals surface area contributed by atoms with E-state index in [0.717, 1.165) is 42.5 Å².